The molecule has 3 aromatic rings. The molecule has 2 nitrogen and oxygen atoms in total. The summed E-state index contributed by atoms with van der Waals surface area (Å²) in [5, 5.41) is 5.14. The summed E-state index contributed by atoms with van der Waals surface area (Å²) in [7, 11) is 1.73. The van der Waals surface area contributed by atoms with Crippen molar-refractivity contribution in [2.45, 2.75) is 6.04 Å². The number of para-hydroxylation sites is 1. The molecule has 1 atom stereocenters. The summed E-state index contributed by atoms with van der Waals surface area (Å²) in [5.74, 6) is 0.926. The molecule has 2 heterocycles. The van der Waals surface area contributed by atoms with Gasteiger partial charge in [0.1, 0.15) is 5.75 Å². The fourth-order valence-corrected chi connectivity index (χ4v) is 3.82. The van der Waals surface area contributed by atoms with Crippen LogP contribution in [0.25, 0.3) is 22.4 Å². The minimum Gasteiger partial charge on any atom is -0.496 e. The molecule has 0 aliphatic carbocycles. The van der Waals surface area contributed by atoms with E-state index < -0.39 is 0 Å². The molecule has 2 heteroatoms. The third-order valence-electron chi connectivity index (χ3n) is 5.08. The van der Waals surface area contributed by atoms with E-state index in [4.69, 9.17) is 4.74 Å². The molecule has 0 aromatic heterocycles. The molecule has 1 fully saturated rings. The van der Waals surface area contributed by atoms with E-state index in [0.717, 1.165) is 17.7 Å². The topological polar surface area (TPSA) is 12.2 Å². The van der Waals surface area contributed by atoms with Crippen molar-refractivity contribution in [1.82, 2.24) is 4.58 Å². The molecular formula is C22H18NO+. The van der Waals surface area contributed by atoms with Crippen molar-refractivity contribution in [3.05, 3.63) is 82.9 Å². The summed E-state index contributed by atoms with van der Waals surface area (Å²) < 4.78 is 7.95. The van der Waals surface area contributed by atoms with E-state index in [9.17, 15) is 0 Å². The highest BCUT2D eigenvalue weighted by atomic mass is 16.5. The van der Waals surface area contributed by atoms with Crippen LogP contribution in [0.5, 0.6) is 5.75 Å². The highest BCUT2D eigenvalue weighted by molar-refractivity contribution is 5.95. The van der Waals surface area contributed by atoms with Gasteiger partial charge in [0, 0.05) is 17.0 Å². The summed E-state index contributed by atoms with van der Waals surface area (Å²) in [6, 6.07) is 21.9. The van der Waals surface area contributed by atoms with Gasteiger partial charge in [-0.1, -0.05) is 54.6 Å². The summed E-state index contributed by atoms with van der Waals surface area (Å²) in [5.41, 5.74) is 2.67. The fourth-order valence-electron chi connectivity index (χ4n) is 3.82. The lowest BCUT2D eigenvalue weighted by Gasteiger charge is -2.07. The van der Waals surface area contributed by atoms with Gasteiger partial charge in [-0.25, -0.2) is 4.58 Å². The monoisotopic (exact) mass is 312 g/mol. The lowest BCUT2D eigenvalue weighted by Crippen LogP contribution is -2.28. The van der Waals surface area contributed by atoms with Crippen molar-refractivity contribution in [2.24, 2.45) is 0 Å². The first-order chi connectivity index (χ1) is 11.9. The number of fused-ring (bicyclic) bond motifs is 3. The Morgan fingerprint density at radius 3 is 2.58 bits per heavy atom. The fraction of sp³-hybridized carbons (Fsp3) is 0.136. The molecule has 5 rings (SSSR count). The number of methoxy groups -OCH3 is 1. The SMILES string of the molecule is COc1ccc(/C=C/C2=c3ccccc3=[N+]3CC23)c2ccccc12. The van der Waals surface area contributed by atoms with Crippen LogP contribution in [0.1, 0.15) is 5.56 Å². The Labute approximate surface area is 140 Å². The molecule has 116 valence electrons. The maximum atomic E-state index is 5.49. The lowest BCUT2D eigenvalue weighted by molar-refractivity contribution is 0.420. The van der Waals surface area contributed by atoms with E-state index in [1.165, 1.54) is 27.1 Å². The molecule has 2 aliphatic rings. The minimum absolute atomic E-state index is 0.572. The Bertz CT molecular complexity index is 1120. The van der Waals surface area contributed by atoms with E-state index in [-0.39, 0.29) is 0 Å². The Morgan fingerprint density at radius 2 is 1.71 bits per heavy atom. The maximum absolute atomic E-state index is 5.49. The molecule has 0 radical (unpaired) electrons. The van der Waals surface area contributed by atoms with Crippen LogP contribution in [0.4, 0.5) is 0 Å². The van der Waals surface area contributed by atoms with Gasteiger partial charge in [0.2, 0.25) is 17.9 Å². The molecule has 0 saturated carbocycles. The van der Waals surface area contributed by atoms with Gasteiger partial charge in [0.25, 0.3) is 0 Å². The molecule has 0 amide bonds. The standard InChI is InChI=1S/C22H18NO/c1-24-22-13-11-15(16-6-2-3-8-19(16)22)10-12-18-17-7-4-5-9-20(17)23-14-21(18)23/h2-13,21H,14H2,1H3/q+1/b12-10+. The summed E-state index contributed by atoms with van der Waals surface area (Å²) in [6.45, 7) is 1.15. The Hall–Kier alpha value is -2.87. The molecule has 2 aliphatic heterocycles. The lowest BCUT2D eigenvalue weighted by atomic mass is 10.0. The van der Waals surface area contributed by atoms with Crippen molar-refractivity contribution >= 4 is 22.4 Å². The van der Waals surface area contributed by atoms with Gasteiger partial charge in [-0.05, 0) is 23.1 Å². The zero-order valence-corrected chi connectivity index (χ0v) is 13.6. The largest absolute Gasteiger partial charge is 0.496 e. The van der Waals surface area contributed by atoms with Crippen molar-refractivity contribution in [3.63, 3.8) is 0 Å². The Kier molecular flexibility index (Phi) is 2.86. The smallest absolute Gasteiger partial charge is 0.237 e. The van der Waals surface area contributed by atoms with Crippen LogP contribution in [0.15, 0.2) is 66.7 Å². The zero-order chi connectivity index (χ0) is 16.1. The summed E-state index contributed by atoms with van der Waals surface area (Å²) >= 11 is 0. The molecule has 3 aromatic carbocycles. The van der Waals surface area contributed by atoms with Crippen LogP contribution in [0.3, 0.4) is 0 Å². The number of rotatable bonds is 3. The highest BCUT2D eigenvalue weighted by Crippen LogP contribution is 2.30. The van der Waals surface area contributed by atoms with E-state index in [1.807, 2.05) is 0 Å². The number of hydrogen-bond donors (Lipinski definition) is 0. The predicted molar refractivity (Wildman–Crippen MR) is 98.5 cm³/mol. The maximum Gasteiger partial charge on any atom is 0.237 e. The van der Waals surface area contributed by atoms with Gasteiger partial charge in [0.15, 0.2) is 0 Å². The highest BCUT2D eigenvalue weighted by Gasteiger charge is 2.47. The molecule has 0 N–H and O–H groups in total. The molecule has 0 spiro atoms. The first-order valence-electron chi connectivity index (χ1n) is 8.33. The first kappa shape index (κ1) is 13.6. The van der Waals surface area contributed by atoms with Gasteiger partial charge in [-0.15, -0.1) is 0 Å². The average molecular weight is 312 g/mol. The average Bonchev–Trinajstić information content (AvgIpc) is 3.37. The summed E-state index contributed by atoms with van der Waals surface area (Å²) in [6.07, 6.45) is 4.54. The second-order valence-corrected chi connectivity index (χ2v) is 6.38. The molecule has 1 saturated heterocycles. The van der Waals surface area contributed by atoms with Crippen molar-refractivity contribution < 1.29 is 4.74 Å². The van der Waals surface area contributed by atoms with Gasteiger partial charge in [0.05, 0.1) is 12.3 Å². The van der Waals surface area contributed by atoms with E-state index in [1.54, 1.807) is 7.11 Å². The van der Waals surface area contributed by atoms with Crippen LogP contribution in [0.2, 0.25) is 0 Å². The van der Waals surface area contributed by atoms with Crippen LogP contribution >= 0.6 is 0 Å². The van der Waals surface area contributed by atoms with E-state index >= 15 is 0 Å². The third-order valence-corrected chi connectivity index (χ3v) is 5.08. The summed E-state index contributed by atoms with van der Waals surface area (Å²) in [4.78, 5) is 0. The second-order valence-electron chi connectivity index (χ2n) is 6.38. The van der Waals surface area contributed by atoms with Crippen LogP contribution in [-0.4, -0.2) is 19.7 Å². The predicted octanol–water partition coefficient (Wildman–Crippen LogP) is 2.60. The molecule has 0 bridgehead atoms. The van der Waals surface area contributed by atoms with E-state index in [0.29, 0.717) is 6.04 Å². The van der Waals surface area contributed by atoms with Crippen LogP contribution < -0.4 is 19.9 Å². The van der Waals surface area contributed by atoms with Crippen molar-refractivity contribution in [3.8, 4) is 5.75 Å². The molecular weight excluding hydrogens is 294 g/mol. The molecule has 1 unspecified atom stereocenters. The number of benzene rings is 3. The first-order valence-corrected chi connectivity index (χ1v) is 8.33. The Balaban J connectivity index is 1.65. The van der Waals surface area contributed by atoms with Crippen molar-refractivity contribution in [1.29, 1.82) is 0 Å². The zero-order valence-electron chi connectivity index (χ0n) is 13.6. The van der Waals surface area contributed by atoms with Gasteiger partial charge >= 0.3 is 0 Å². The van der Waals surface area contributed by atoms with Crippen LogP contribution in [-0.2, 0) is 0 Å². The quantitative estimate of drug-likeness (QED) is 0.535. The number of hydrogen-bond acceptors (Lipinski definition) is 1. The van der Waals surface area contributed by atoms with E-state index in [2.05, 4.69) is 77.4 Å². The third kappa shape index (κ3) is 1.93. The van der Waals surface area contributed by atoms with Gasteiger partial charge in [-0.3, -0.25) is 0 Å². The minimum atomic E-state index is 0.572. The van der Waals surface area contributed by atoms with Gasteiger partial charge < -0.3 is 4.74 Å². The normalized spacial score (nSPS) is 18.1. The van der Waals surface area contributed by atoms with Gasteiger partial charge in [-0.2, -0.15) is 0 Å². The number of nitrogens with zero attached hydrogens (tertiary/aromatic N) is 1. The number of ether oxygens (including phenoxy) is 1. The molecule has 24 heavy (non-hydrogen) atoms. The second kappa shape index (κ2) is 5.07. The Morgan fingerprint density at radius 1 is 0.917 bits per heavy atom. The van der Waals surface area contributed by atoms with Crippen LogP contribution in [0, 0.1) is 0 Å². The van der Waals surface area contributed by atoms with Crippen molar-refractivity contribution in [2.75, 3.05) is 13.7 Å².